The number of benzene rings is 2. The molecule has 0 saturated carbocycles. The zero-order valence-corrected chi connectivity index (χ0v) is 25.1. The van der Waals surface area contributed by atoms with Crippen LogP contribution < -0.4 is 4.90 Å². The summed E-state index contributed by atoms with van der Waals surface area (Å²) in [5.41, 5.74) is 7.26. The van der Waals surface area contributed by atoms with E-state index < -0.39 is 0 Å². The Morgan fingerprint density at radius 3 is 2.73 bits per heavy atom. The number of hydrogen-bond donors (Lipinski definition) is 2. The van der Waals surface area contributed by atoms with E-state index in [1.165, 1.54) is 59.0 Å². The summed E-state index contributed by atoms with van der Waals surface area (Å²) in [5.74, 6) is 0.750. The number of rotatable bonds is 12. The Labute approximate surface area is 250 Å². The molecule has 210 valence electrons. The number of anilines is 1. The number of phenolic OH excluding ortho intramolecular Hbond substituents is 1. The second-order valence-corrected chi connectivity index (χ2v) is 11.7. The molecular formula is C33H35N5OS2. The minimum atomic E-state index is 0.167. The molecule has 0 spiro atoms. The third kappa shape index (κ3) is 7.14. The number of aromatic nitrogens is 4. The minimum absolute atomic E-state index is 0.167. The first kappa shape index (κ1) is 28.8. The van der Waals surface area contributed by atoms with Gasteiger partial charge in [0.25, 0.3) is 0 Å². The summed E-state index contributed by atoms with van der Waals surface area (Å²) in [6.07, 6.45) is 20.7. The number of nitrogens with zero attached hydrogens (tertiary/aromatic N) is 4. The molecule has 2 aromatic heterocycles. The van der Waals surface area contributed by atoms with E-state index in [9.17, 15) is 5.11 Å². The quantitative estimate of drug-likeness (QED) is 0.0982. The van der Waals surface area contributed by atoms with Crippen LogP contribution in [0.4, 0.5) is 5.69 Å². The number of para-hydroxylation sites is 1. The zero-order valence-electron chi connectivity index (χ0n) is 23.5. The van der Waals surface area contributed by atoms with Gasteiger partial charge in [0.2, 0.25) is 0 Å². The fourth-order valence-corrected chi connectivity index (χ4v) is 6.28. The van der Waals surface area contributed by atoms with E-state index in [-0.39, 0.29) is 5.75 Å². The highest BCUT2D eigenvalue weighted by molar-refractivity contribution is 8.03. The van der Waals surface area contributed by atoms with E-state index in [2.05, 4.69) is 63.0 Å². The number of H-pyrrole nitrogens is 1. The van der Waals surface area contributed by atoms with E-state index in [0.717, 1.165) is 12.2 Å². The van der Waals surface area contributed by atoms with Crippen LogP contribution in [0, 0.1) is 0 Å². The maximum Gasteiger partial charge on any atom is 0.158 e. The van der Waals surface area contributed by atoms with Gasteiger partial charge in [-0.25, -0.2) is 9.97 Å². The van der Waals surface area contributed by atoms with Crippen molar-refractivity contribution in [3.8, 4) is 28.5 Å². The van der Waals surface area contributed by atoms with Crippen LogP contribution >= 0.6 is 23.5 Å². The molecule has 1 aliphatic heterocycles. The van der Waals surface area contributed by atoms with Crippen LogP contribution in [-0.4, -0.2) is 37.8 Å². The van der Waals surface area contributed by atoms with Crippen molar-refractivity contribution in [3.05, 3.63) is 89.7 Å². The van der Waals surface area contributed by atoms with Crippen molar-refractivity contribution in [3.63, 3.8) is 0 Å². The first-order valence-corrected chi connectivity index (χ1v) is 16.1. The second kappa shape index (κ2) is 14.3. The number of phenols is 1. The molecule has 0 fully saturated rings. The van der Waals surface area contributed by atoms with Crippen LogP contribution in [0.1, 0.15) is 51.1 Å². The third-order valence-corrected chi connectivity index (χ3v) is 8.78. The van der Waals surface area contributed by atoms with Gasteiger partial charge in [-0.3, -0.25) is 4.98 Å². The van der Waals surface area contributed by atoms with Gasteiger partial charge in [0.05, 0.1) is 22.6 Å². The first-order chi connectivity index (χ1) is 20.2. The molecule has 6 nitrogen and oxygen atoms in total. The van der Waals surface area contributed by atoms with Gasteiger partial charge >= 0.3 is 0 Å². The van der Waals surface area contributed by atoms with Crippen molar-refractivity contribution in [1.29, 1.82) is 0 Å². The van der Waals surface area contributed by atoms with E-state index >= 15 is 0 Å². The van der Waals surface area contributed by atoms with Gasteiger partial charge in [-0.05, 0) is 55.2 Å². The number of nitrogens with one attached hydrogen (secondary N) is 1. The maximum absolute atomic E-state index is 10.5. The van der Waals surface area contributed by atoms with E-state index in [0.29, 0.717) is 22.8 Å². The lowest BCUT2D eigenvalue weighted by Crippen LogP contribution is -2.19. The number of hydrogen-bond acceptors (Lipinski definition) is 7. The Bertz CT molecular complexity index is 1560. The van der Waals surface area contributed by atoms with Gasteiger partial charge < -0.3 is 15.0 Å². The number of aromatic amines is 1. The highest BCUT2D eigenvalue weighted by Gasteiger charge is 2.24. The molecule has 5 rings (SSSR count). The molecule has 2 N–H and O–H groups in total. The summed E-state index contributed by atoms with van der Waals surface area (Å²) in [4.78, 5) is 21.7. The summed E-state index contributed by atoms with van der Waals surface area (Å²) < 4.78 is 0. The van der Waals surface area contributed by atoms with Crippen LogP contribution in [0.5, 0.6) is 5.75 Å². The molecule has 8 heteroatoms. The molecule has 0 unspecified atom stereocenters. The number of aromatic hydroxyl groups is 1. The van der Waals surface area contributed by atoms with Gasteiger partial charge in [-0.2, -0.15) is 0 Å². The normalized spacial score (nSPS) is 13.3. The summed E-state index contributed by atoms with van der Waals surface area (Å²) >= 11 is 3.59. The number of thioether (sulfide) groups is 2. The topological polar surface area (TPSA) is 77.9 Å². The Morgan fingerprint density at radius 2 is 1.93 bits per heavy atom. The van der Waals surface area contributed by atoms with E-state index in [4.69, 9.17) is 4.98 Å². The lowest BCUT2D eigenvalue weighted by molar-refractivity contribution is 0.477. The molecule has 3 heterocycles. The lowest BCUT2D eigenvalue weighted by atomic mass is 10.1. The molecule has 2 aromatic carbocycles. The standard InChI is InChI=1S/C33H35N5OS2/c1-3-4-5-6-7-12-21-38-28-22-24(40-2)17-18-30(28)41-31(38)16-11-9-14-26-32(25-13-8-10-15-29(25)39)37-33(36-26)27-23-34-19-20-35-27/h8,10-11,13-20,22-23,39H,3-7,12,21H2,1-2H3,(H,36,37). The maximum atomic E-state index is 10.5. The largest absolute Gasteiger partial charge is 0.507 e. The van der Waals surface area contributed by atoms with Crippen molar-refractivity contribution in [2.24, 2.45) is 0 Å². The second-order valence-electron chi connectivity index (χ2n) is 9.79. The fourth-order valence-electron chi connectivity index (χ4n) is 4.78. The molecule has 41 heavy (non-hydrogen) atoms. The zero-order chi connectivity index (χ0) is 28.4. The van der Waals surface area contributed by atoms with E-state index in [1.807, 2.05) is 36.0 Å². The predicted molar refractivity (Wildman–Crippen MR) is 172 cm³/mol. The van der Waals surface area contributed by atoms with Crippen LogP contribution in [0.15, 0.2) is 93.8 Å². The molecule has 1 aliphatic rings. The Hall–Kier alpha value is -3.71. The number of imidazole rings is 1. The van der Waals surface area contributed by atoms with Crippen molar-refractivity contribution in [1.82, 2.24) is 19.9 Å². The number of fused-ring (bicyclic) bond motifs is 1. The Kier molecular flexibility index (Phi) is 10.0. The molecule has 0 radical (unpaired) electrons. The Morgan fingerprint density at radius 1 is 1.07 bits per heavy atom. The van der Waals surface area contributed by atoms with Crippen LogP contribution in [0.3, 0.4) is 0 Å². The van der Waals surface area contributed by atoms with Crippen LogP contribution in [0.25, 0.3) is 28.9 Å². The molecular weight excluding hydrogens is 547 g/mol. The summed E-state index contributed by atoms with van der Waals surface area (Å²) in [6.45, 7) is 3.27. The SMILES string of the molecule is CCCCCCCCN1C(=CC=C=Cc2[nH]c(-c3cnccn3)nc2-c2ccccc2O)Sc2ccc(SC)cc21. The summed E-state index contributed by atoms with van der Waals surface area (Å²) in [5, 5.41) is 11.7. The molecule has 0 saturated heterocycles. The first-order valence-electron chi connectivity index (χ1n) is 14.1. The average Bonchev–Trinajstić information content (AvgIpc) is 3.58. The highest BCUT2D eigenvalue weighted by Crippen LogP contribution is 2.47. The van der Waals surface area contributed by atoms with Gasteiger partial charge in [0.1, 0.15) is 17.1 Å². The van der Waals surface area contributed by atoms with Gasteiger partial charge in [-0.1, -0.05) is 62.9 Å². The summed E-state index contributed by atoms with van der Waals surface area (Å²) in [6, 6.07) is 13.9. The van der Waals surface area contributed by atoms with Crippen LogP contribution in [0.2, 0.25) is 0 Å². The Balaban J connectivity index is 1.41. The van der Waals surface area contributed by atoms with Crippen LogP contribution in [-0.2, 0) is 0 Å². The van der Waals surface area contributed by atoms with Crippen molar-refractivity contribution in [2.45, 2.75) is 55.2 Å². The number of allylic oxidation sites excluding steroid dienone is 2. The monoisotopic (exact) mass is 581 g/mol. The average molecular weight is 582 g/mol. The van der Waals surface area contributed by atoms with Crippen molar-refractivity contribution in [2.75, 3.05) is 17.7 Å². The molecule has 0 bridgehead atoms. The predicted octanol–water partition coefficient (Wildman–Crippen LogP) is 8.94. The van der Waals surface area contributed by atoms with Crippen molar-refractivity contribution >= 4 is 35.3 Å². The lowest BCUT2D eigenvalue weighted by Gasteiger charge is -2.20. The fraction of sp³-hybridized carbons (Fsp3) is 0.273. The van der Waals surface area contributed by atoms with Gasteiger partial charge in [-0.15, -0.1) is 17.5 Å². The molecule has 0 atom stereocenters. The minimum Gasteiger partial charge on any atom is -0.507 e. The van der Waals surface area contributed by atoms with E-state index in [1.54, 1.807) is 42.5 Å². The van der Waals surface area contributed by atoms with Gasteiger partial charge in [0, 0.05) is 40.4 Å². The third-order valence-electron chi connectivity index (χ3n) is 6.92. The van der Waals surface area contributed by atoms with Gasteiger partial charge in [0.15, 0.2) is 5.82 Å². The molecule has 0 amide bonds. The number of unbranched alkanes of at least 4 members (excludes halogenated alkanes) is 5. The molecule has 0 aliphatic carbocycles. The highest BCUT2D eigenvalue weighted by atomic mass is 32.2. The van der Waals surface area contributed by atoms with Crippen molar-refractivity contribution < 1.29 is 5.11 Å². The summed E-state index contributed by atoms with van der Waals surface area (Å²) in [7, 11) is 0. The smallest absolute Gasteiger partial charge is 0.158 e. The molecule has 4 aromatic rings.